The van der Waals surface area contributed by atoms with Crippen molar-refractivity contribution in [2.24, 2.45) is 0 Å². The van der Waals surface area contributed by atoms with Crippen molar-refractivity contribution in [3.8, 4) is 11.5 Å². The number of hydrogen-bond donors (Lipinski definition) is 4. The summed E-state index contributed by atoms with van der Waals surface area (Å²) in [5, 5.41) is 18.0. The second-order valence-corrected chi connectivity index (χ2v) is 7.22. The second-order valence-electron chi connectivity index (χ2n) is 6.81. The topological polar surface area (TPSA) is 118 Å². The number of amides is 1. The second kappa shape index (κ2) is 9.25. The van der Waals surface area contributed by atoms with Crippen LogP contribution in [0.4, 0.5) is 33.2 Å². The van der Waals surface area contributed by atoms with Gasteiger partial charge in [-0.05, 0) is 36.4 Å². The molecule has 0 bridgehead atoms. The number of rotatable bonds is 7. The number of aromatic nitrogens is 2. The van der Waals surface area contributed by atoms with E-state index in [-0.39, 0.29) is 30.7 Å². The number of nitrogens with one attached hydrogen (secondary N) is 3. The number of carbonyl (C=O) groups excluding carboxylic acids is 1. The number of anilines is 5. The molecule has 1 amide bonds. The zero-order valence-corrected chi connectivity index (χ0v) is 17.6. The standard InChI is InChI=1S/C21H19ClFN5O4/c1-31-16-4-2-11(8-13(16)22)26-21-24-10-14(23)19(28-21)25-12-3-5-17-15(9-12)27-20(30)18(32-17)6-7-29/h2-5,8-10,18,29H,6-7H2,1H3,(H,27,30)(H2,24,25,26,28). The van der Waals surface area contributed by atoms with Crippen molar-refractivity contribution in [1.82, 2.24) is 9.97 Å². The van der Waals surface area contributed by atoms with Gasteiger partial charge in [0.25, 0.3) is 5.91 Å². The lowest BCUT2D eigenvalue weighted by atomic mass is 10.1. The van der Waals surface area contributed by atoms with Crippen molar-refractivity contribution in [1.29, 1.82) is 0 Å². The molecule has 0 fully saturated rings. The smallest absolute Gasteiger partial charge is 0.265 e. The molecule has 3 aromatic rings. The number of nitrogens with zero attached hydrogens (tertiary/aromatic N) is 2. The molecule has 1 unspecified atom stereocenters. The van der Waals surface area contributed by atoms with Gasteiger partial charge in [0.05, 0.1) is 24.0 Å². The minimum Gasteiger partial charge on any atom is -0.495 e. The van der Waals surface area contributed by atoms with E-state index in [1.54, 1.807) is 36.4 Å². The first-order valence-electron chi connectivity index (χ1n) is 9.59. The third-order valence-corrected chi connectivity index (χ3v) is 4.90. The molecule has 0 aliphatic carbocycles. The van der Waals surface area contributed by atoms with E-state index in [2.05, 4.69) is 25.9 Å². The third-order valence-electron chi connectivity index (χ3n) is 4.61. The molecular weight excluding hydrogens is 441 g/mol. The third kappa shape index (κ3) is 4.66. The Morgan fingerprint density at radius 3 is 2.78 bits per heavy atom. The van der Waals surface area contributed by atoms with E-state index < -0.39 is 11.9 Å². The monoisotopic (exact) mass is 459 g/mol. The molecule has 9 nitrogen and oxygen atoms in total. The summed E-state index contributed by atoms with van der Waals surface area (Å²) < 4.78 is 25.0. The molecule has 1 atom stereocenters. The van der Waals surface area contributed by atoms with E-state index in [9.17, 15) is 9.18 Å². The Balaban J connectivity index is 1.52. The van der Waals surface area contributed by atoms with Gasteiger partial charge in [0, 0.05) is 24.4 Å². The quantitative estimate of drug-likeness (QED) is 0.421. The maximum absolute atomic E-state index is 14.3. The highest BCUT2D eigenvalue weighted by molar-refractivity contribution is 6.32. The van der Waals surface area contributed by atoms with Crippen LogP contribution in [0.5, 0.6) is 11.5 Å². The number of hydrogen-bond acceptors (Lipinski definition) is 8. The van der Waals surface area contributed by atoms with Gasteiger partial charge in [-0.25, -0.2) is 9.37 Å². The zero-order valence-electron chi connectivity index (χ0n) is 16.9. The maximum atomic E-state index is 14.3. The van der Waals surface area contributed by atoms with Gasteiger partial charge < -0.3 is 30.5 Å². The minimum atomic E-state index is -0.759. The van der Waals surface area contributed by atoms with Crippen LogP contribution in [0.15, 0.2) is 42.6 Å². The summed E-state index contributed by atoms with van der Waals surface area (Å²) in [4.78, 5) is 20.2. The van der Waals surface area contributed by atoms with Crippen LogP contribution in [0, 0.1) is 5.82 Å². The number of methoxy groups -OCH3 is 1. The number of aliphatic hydroxyl groups excluding tert-OH is 1. The van der Waals surface area contributed by atoms with Crippen molar-refractivity contribution in [3.05, 3.63) is 53.4 Å². The number of benzene rings is 2. The van der Waals surface area contributed by atoms with Crippen molar-refractivity contribution >= 4 is 46.3 Å². The van der Waals surface area contributed by atoms with Crippen LogP contribution in [-0.4, -0.2) is 40.8 Å². The highest BCUT2D eigenvalue weighted by Crippen LogP contribution is 2.34. The van der Waals surface area contributed by atoms with Gasteiger partial charge in [0.1, 0.15) is 11.5 Å². The Hall–Kier alpha value is -3.63. The van der Waals surface area contributed by atoms with Crippen molar-refractivity contribution < 1.29 is 23.8 Å². The molecule has 0 spiro atoms. The SMILES string of the molecule is COc1ccc(Nc2ncc(F)c(Nc3ccc4c(c3)NC(=O)C(CCO)O4)n2)cc1Cl. The molecule has 1 aliphatic rings. The Morgan fingerprint density at radius 2 is 2.03 bits per heavy atom. The highest BCUT2D eigenvalue weighted by Gasteiger charge is 2.27. The minimum absolute atomic E-state index is 0.0664. The number of halogens is 2. The van der Waals surface area contributed by atoms with Crippen LogP contribution >= 0.6 is 11.6 Å². The maximum Gasteiger partial charge on any atom is 0.265 e. The fourth-order valence-electron chi connectivity index (χ4n) is 3.06. The van der Waals surface area contributed by atoms with Crippen LogP contribution < -0.4 is 25.4 Å². The van der Waals surface area contributed by atoms with E-state index in [0.29, 0.717) is 33.6 Å². The van der Waals surface area contributed by atoms with Crippen molar-refractivity contribution in [2.75, 3.05) is 29.7 Å². The van der Waals surface area contributed by atoms with Crippen LogP contribution in [0.25, 0.3) is 0 Å². The Kier molecular flexibility index (Phi) is 6.24. The van der Waals surface area contributed by atoms with Gasteiger partial charge in [-0.3, -0.25) is 4.79 Å². The molecule has 0 saturated carbocycles. The molecular formula is C21H19ClFN5O4. The lowest BCUT2D eigenvalue weighted by Crippen LogP contribution is -2.37. The van der Waals surface area contributed by atoms with Crippen molar-refractivity contribution in [2.45, 2.75) is 12.5 Å². The summed E-state index contributed by atoms with van der Waals surface area (Å²) in [6.07, 6.45) is 0.462. The number of carbonyl (C=O) groups is 1. The molecule has 2 heterocycles. The Morgan fingerprint density at radius 1 is 1.25 bits per heavy atom. The van der Waals surface area contributed by atoms with Crippen LogP contribution in [0.3, 0.4) is 0 Å². The molecule has 0 saturated heterocycles. The first-order valence-corrected chi connectivity index (χ1v) is 9.97. The fraction of sp³-hybridized carbons (Fsp3) is 0.190. The number of fused-ring (bicyclic) bond motifs is 1. The summed E-state index contributed by atoms with van der Waals surface area (Å²) in [5.41, 5.74) is 1.50. The lowest BCUT2D eigenvalue weighted by Gasteiger charge is -2.25. The van der Waals surface area contributed by atoms with Gasteiger partial charge >= 0.3 is 0 Å². The lowest BCUT2D eigenvalue weighted by molar-refractivity contribution is -0.124. The zero-order chi connectivity index (χ0) is 22.7. The van der Waals surface area contributed by atoms with Crippen LogP contribution in [0.1, 0.15) is 6.42 Å². The van der Waals surface area contributed by atoms with E-state index in [1.807, 2.05) is 0 Å². The normalized spacial score (nSPS) is 14.8. The largest absolute Gasteiger partial charge is 0.495 e. The first-order chi connectivity index (χ1) is 15.5. The molecule has 166 valence electrons. The van der Waals surface area contributed by atoms with Gasteiger partial charge in [-0.1, -0.05) is 11.6 Å². The summed E-state index contributed by atoms with van der Waals surface area (Å²) in [7, 11) is 1.51. The molecule has 4 N–H and O–H groups in total. The summed E-state index contributed by atoms with van der Waals surface area (Å²) in [6.45, 7) is -0.168. The average molecular weight is 460 g/mol. The average Bonchev–Trinajstić information content (AvgIpc) is 2.77. The van der Waals surface area contributed by atoms with Gasteiger partial charge in [0.15, 0.2) is 17.7 Å². The molecule has 32 heavy (non-hydrogen) atoms. The molecule has 1 aromatic heterocycles. The Bertz CT molecular complexity index is 1160. The highest BCUT2D eigenvalue weighted by atomic mass is 35.5. The molecule has 0 radical (unpaired) electrons. The fourth-order valence-corrected chi connectivity index (χ4v) is 3.32. The van der Waals surface area contributed by atoms with Crippen molar-refractivity contribution in [3.63, 3.8) is 0 Å². The number of ether oxygens (including phenoxy) is 2. The van der Waals surface area contributed by atoms with Gasteiger partial charge in [0.2, 0.25) is 5.95 Å². The van der Waals surface area contributed by atoms with Gasteiger partial charge in [-0.2, -0.15) is 4.98 Å². The van der Waals surface area contributed by atoms with E-state index in [1.165, 1.54) is 7.11 Å². The summed E-state index contributed by atoms with van der Waals surface area (Å²) >= 11 is 6.12. The molecule has 1 aliphatic heterocycles. The predicted molar refractivity (Wildman–Crippen MR) is 118 cm³/mol. The van der Waals surface area contributed by atoms with E-state index in [4.69, 9.17) is 26.2 Å². The van der Waals surface area contributed by atoms with Crippen LogP contribution in [-0.2, 0) is 4.79 Å². The summed E-state index contributed by atoms with van der Waals surface area (Å²) in [6, 6.07) is 9.93. The van der Waals surface area contributed by atoms with E-state index >= 15 is 0 Å². The molecule has 11 heteroatoms. The number of aliphatic hydroxyl groups is 1. The first kappa shape index (κ1) is 21.6. The van der Waals surface area contributed by atoms with Crippen LogP contribution in [0.2, 0.25) is 5.02 Å². The molecule has 2 aromatic carbocycles. The van der Waals surface area contributed by atoms with E-state index in [0.717, 1.165) is 6.20 Å². The Labute approximate surface area is 187 Å². The summed E-state index contributed by atoms with van der Waals surface area (Å²) in [5.74, 6) is 0.0342. The predicted octanol–water partition coefficient (Wildman–Crippen LogP) is 3.85. The van der Waals surface area contributed by atoms with Gasteiger partial charge in [-0.15, -0.1) is 0 Å². The molecule has 4 rings (SSSR count).